The summed E-state index contributed by atoms with van der Waals surface area (Å²) in [6.45, 7) is 1.69. The first-order valence-corrected chi connectivity index (χ1v) is 7.40. The van der Waals surface area contributed by atoms with Crippen LogP contribution in [0.5, 0.6) is 0 Å². The molecule has 9 nitrogen and oxygen atoms in total. The zero-order chi connectivity index (χ0) is 18.0. The van der Waals surface area contributed by atoms with E-state index in [4.69, 9.17) is 5.73 Å². The maximum absolute atomic E-state index is 12.3. The second-order valence-corrected chi connectivity index (χ2v) is 5.44. The molecular weight excluding hydrogens is 326 g/mol. The van der Waals surface area contributed by atoms with Gasteiger partial charge in [0.25, 0.3) is 5.91 Å². The van der Waals surface area contributed by atoms with Crippen molar-refractivity contribution in [2.45, 2.75) is 20.0 Å². The monoisotopic (exact) mass is 341 g/mol. The largest absolute Gasteiger partial charge is 0.392 e. The van der Waals surface area contributed by atoms with Crippen molar-refractivity contribution < 1.29 is 19.3 Å². The molecule has 0 aliphatic heterocycles. The molecule has 3 rings (SSSR count). The lowest BCUT2D eigenvalue weighted by atomic mass is 10.0. The smallest absolute Gasteiger partial charge is 0.274 e. The lowest BCUT2D eigenvalue weighted by Crippen LogP contribution is -2.19. The van der Waals surface area contributed by atoms with Crippen LogP contribution >= 0.6 is 0 Å². The van der Waals surface area contributed by atoms with E-state index in [0.29, 0.717) is 11.1 Å². The number of nitrogens with two attached hydrogens (primary N) is 1. The lowest BCUT2D eigenvalue weighted by molar-refractivity contribution is -0.115. The number of hydrogen-bond donors (Lipinski definition) is 3. The molecule has 0 atom stereocenters. The number of carbonyl (C=O) groups excluding carboxylic acids is 2. The Hall–Kier alpha value is -3.33. The molecule has 0 aliphatic carbocycles. The van der Waals surface area contributed by atoms with Gasteiger partial charge < -0.3 is 16.2 Å². The van der Waals surface area contributed by atoms with Gasteiger partial charge in [-0.3, -0.25) is 14.6 Å². The number of amides is 2. The zero-order valence-corrected chi connectivity index (χ0v) is 13.3. The van der Waals surface area contributed by atoms with Crippen molar-refractivity contribution in [3.8, 4) is 0 Å². The maximum Gasteiger partial charge on any atom is 0.274 e. The molecule has 4 N–H and O–H groups in total. The summed E-state index contributed by atoms with van der Waals surface area (Å²) in [5, 5.41) is 19.5. The Kier molecular flexibility index (Phi) is 4.40. The second kappa shape index (κ2) is 6.65. The van der Waals surface area contributed by atoms with Gasteiger partial charge in [-0.05, 0) is 34.4 Å². The highest BCUT2D eigenvalue weighted by Gasteiger charge is 2.18. The van der Waals surface area contributed by atoms with Crippen molar-refractivity contribution in [1.29, 1.82) is 0 Å². The molecule has 9 heteroatoms. The minimum atomic E-state index is -0.855. The minimum absolute atomic E-state index is 0.0102. The average Bonchev–Trinajstić information content (AvgIpc) is 3.03. The number of hydrogen-bond acceptors (Lipinski definition) is 7. The average molecular weight is 341 g/mol. The normalized spacial score (nSPS) is 10.8. The molecule has 0 saturated heterocycles. The number of aromatic nitrogens is 3. The van der Waals surface area contributed by atoms with Gasteiger partial charge in [-0.2, -0.15) is 0 Å². The molecule has 0 aliphatic rings. The molecular formula is C16H15N5O4. The summed E-state index contributed by atoms with van der Waals surface area (Å²) in [4.78, 5) is 27.9. The third-order valence-electron chi connectivity index (χ3n) is 3.64. The molecule has 0 radical (unpaired) electrons. The van der Waals surface area contributed by atoms with Gasteiger partial charge >= 0.3 is 0 Å². The number of aliphatic hydroxyl groups is 1. The fraction of sp³-hybridized carbons (Fsp3) is 0.188. The zero-order valence-electron chi connectivity index (χ0n) is 13.3. The Labute approximate surface area is 141 Å². The van der Waals surface area contributed by atoms with Gasteiger partial charge in [0.1, 0.15) is 0 Å². The van der Waals surface area contributed by atoms with Crippen molar-refractivity contribution >= 4 is 28.5 Å². The number of anilines is 1. The molecule has 2 heterocycles. The van der Waals surface area contributed by atoms with E-state index in [1.807, 2.05) is 13.0 Å². The van der Waals surface area contributed by atoms with Crippen LogP contribution in [0.25, 0.3) is 10.9 Å². The van der Waals surface area contributed by atoms with E-state index in [2.05, 4.69) is 25.2 Å². The molecule has 128 valence electrons. The van der Waals surface area contributed by atoms with Crippen LogP contribution < -0.4 is 11.1 Å². The Morgan fingerprint density at radius 3 is 2.80 bits per heavy atom. The van der Waals surface area contributed by atoms with Crippen LogP contribution in [-0.2, 0) is 17.8 Å². The summed E-state index contributed by atoms with van der Waals surface area (Å²) in [6.07, 6.45) is -0.0102. The number of aliphatic hydroxyl groups excluding tert-OH is 1. The number of nitrogens with one attached hydrogen (secondary N) is 1. The van der Waals surface area contributed by atoms with E-state index in [1.165, 1.54) is 0 Å². The lowest BCUT2D eigenvalue weighted by Gasteiger charge is -2.10. The molecule has 2 aromatic heterocycles. The Bertz CT molecular complexity index is 966. The van der Waals surface area contributed by atoms with Crippen molar-refractivity contribution in [2.24, 2.45) is 5.73 Å². The van der Waals surface area contributed by atoms with Crippen molar-refractivity contribution in [3.63, 3.8) is 0 Å². The minimum Gasteiger partial charge on any atom is -0.392 e. The third kappa shape index (κ3) is 3.31. The van der Waals surface area contributed by atoms with Gasteiger partial charge in [0, 0.05) is 11.1 Å². The second-order valence-electron chi connectivity index (χ2n) is 5.44. The van der Waals surface area contributed by atoms with Gasteiger partial charge in [-0.25, -0.2) is 4.63 Å². The van der Waals surface area contributed by atoms with Crippen LogP contribution in [0.2, 0.25) is 0 Å². The summed E-state index contributed by atoms with van der Waals surface area (Å²) in [5.74, 6) is -1.41. The number of pyridine rings is 1. The molecule has 0 spiro atoms. The van der Waals surface area contributed by atoms with E-state index in [1.54, 1.807) is 18.2 Å². The highest BCUT2D eigenvalue weighted by atomic mass is 16.6. The topological polar surface area (TPSA) is 144 Å². The van der Waals surface area contributed by atoms with Crippen LogP contribution in [-0.4, -0.2) is 32.2 Å². The number of rotatable bonds is 5. The van der Waals surface area contributed by atoms with Crippen LogP contribution in [0.4, 0.5) is 5.82 Å². The number of benzene rings is 1. The van der Waals surface area contributed by atoms with Gasteiger partial charge in [0.15, 0.2) is 0 Å². The van der Waals surface area contributed by atoms with E-state index in [0.717, 1.165) is 16.6 Å². The number of carbonyl (C=O) groups is 2. The van der Waals surface area contributed by atoms with E-state index < -0.39 is 11.8 Å². The first-order valence-electron chi connectivity index (χ1n) is 7.40. The highest BCUT2D eigenvalue weighted by Crippen LogP contribution is 2.22. The summed E-state index contributed by atoms with van der Waals surface area (Å²) in [6, 6.07) is 7.19. The Morgan fingerprint density at radius 1 is 1.28 bits per heavy atom. The van der Waals surface area contributed by atoms with E-state index in [-0.39, 0.29) is 24.5 Å². The molecule has 3 aromatic rings. The predicted octanol–water partition coefficient (Wildman–Crippen LogP) is 0.699. The molecule has 2 amide bonds. The summed E-state index contributed by atoms with van der Waals surface area (Å²) >= 11 is 0. The number of nitrogens with zero attached hydrogens (tertiary/aromatic N) is 3. The molecule has 25 heavy (non-hydrogen) atoms. The van der Waals surface area contributed by atoms with Gasteiger partial charge in [0.2, 0.25) is 17.4 Å². The van der Waals surface area contributed by atoms with Gasteiger partial charge in [-0.15, -0.1) is 0 Å². The first-order chi connectivity index (χ1) is 12.0. The van der Waals surface area contributed by atoms with Crippen LogP contribution in [0.1, 0.15) is 27.3 Å². The van der Waals surface area contributed by atoms with E-state index in [9.17, 15) is 14.7 Å². The molecule has 0 saturated carbocycles. The predicted molar refractivity (Wildman–Crippen MR) is 87.6 cm³/mol. The standard InChI is InChI=1S/C16H15N5O4/c1-8-5-10(7-22)11-4-2-3-9(13(11)18-8)6-12(23)19-16-14(15(17)24)20-25-21-16/h2-5,22H,6-7H2,1H3,(H2,17,24)(H,19,21,23). The quantitative estimate of drug-likeness (QED) is 0.619. The van der Waals surface area contributed by atoms with Crippen molar-refractivity contribution in [2.75, 3.05) is 5.32 Å². The van der Waals surface area contributed by atoms with Gasteiger partial charge in [0.05, 0.1) is 18.5 Å². The molecule has 0 unspecified atom stereocenters. The maximum atomic E-state index is 12.3. The number of primary amides is 1. The van der Waals surface area contributed by atoms with Crippen molar-refractivity contribution in [3.05, 3.63) is 46.8 Å². The van der Waals surface area contributed by atoms with Crippen LogP contribution in [0.3, 0.4) is 0 Å². The number of fused-ring (bicyclic) bond motifs is 1. The Balaban J connectivity index is 1.90. The highest BCUT2D eigenvalue weighted by molar-refractivity contribution is 6.01. The van der Waals surface area contributed by atoms with Crippen LogP contribution in [0.15, 0.2) is 28.9 Å². The summed E-state index contributed by atoms with van der Waals surface area (Å²) < 4.78 is 4.42. The third-order valence-corrected chi connectivity index (χ3v) is 3.64. The van der Waals surface area contributed by atoms with E-state index >= 15 is 0 Å². The molecule has 1 aromatic carbocycles. The fourth-order valence-electron chi connectivity index (χ4n) is 2.58. The number of para-hydroxylation sites is 1. The van der Waals surface area contributed by atoms with Crippen molar-refractivity contribution in [1.82, 2.24) is 15.3 Å². The SMILES string of the molecule is Cc1cc(CO)c2cccc(CC(=O)Nc3nonc3C(N)=O)c2n1. The fourth-order valence-corrected chi connectivity index (χ4v) is 2.58. The Morgan fingerprint density at radius 2 is 2.08 bits per heavy atom. The molecule has 0 fully saturated rings. The number of aryl methyl sites for hydroxylation is 1. The summed E-state index contributed by atoms with van der Waals surface area (Å²) in [7, 11) is 0. The summed E-state index contributed by atoms with van der Waals surface area (Å²) in [5.41, 5.74) is 7.66. The molecule has 0 bridgehead atoms. The van der Waals surface area contributed by atoms with Crippen LogP contribution in [0, 0.1) is 6.92 Å². The van der Waals surface area contributed by atoms with Gasteiger partial charge in [-0.1, -0.05) is 18.2 Å². The first kappa shape index (κ1) is 16.5.